The van der Waals surface area contributed by atoms with Crippen molar-refractivity contribution in [3.63, 3.8) is 0 Å². The van der Waals surface area contributed by atoms with E-state index in [1.807, 2.05) is 19.1 Å². The highest BCUT2D eigenvalue weighted by Crippen LogP contribution is 2.39. The average molecular weight is 401 g/mol. The summed E-state index contributed by atoms with van der Waals surface area (Å²) in [5.41, 5.74) is 2.76. The van der Waals surface area contributed by atoms with Crippen molar-refractivity contribution < 1.29 is 13.3 Å². The molecule has 1 saturated heterocycles. The number of benzene rings is 2. The minimum Gasteiger partial charge on any atom is -0.363 e. The number of hydrogen-bond acceptors (Lipinski definition) is 5. The Kier molecular flexibility index (Phi) is 4.84. The molecule has 148 valence electrons. The summed E-state index contributed by atoms with van der Waals surface area (Å²) < 4.78 is 28.0. The zero-order chi connectivity index (χ0) is 19.9. The molecule has 0 spiro atoms. The van der Waals surface area contributed by atoms with Crippen molar-refractivity contribution in [1.29, 1.82) is 0 Å². The van der Waals surface area contributed by atoms with Crippen LogP contribution < -0.4 is 4.90 Å². The lowest BCUT2D eigenvalue weighted by molar-refractivity contribution is -0.385. The number of non-ortho nitro benzene ring substituents is 1. The number of sulfonamides is 1. The van der Waals surface area contributed by atoms with Crippen LogP contribution in [0.3, 0.4) is 0 Å². The second-order valence-corrected chi connectivity index (χ2v) is 9.24. The smallest absolute Gasteiger partial charge is 0.270 e. The first-order valence-electron chi connectivity index (χ1n) is 9.52. The fourth-order valence-corrected chi connectivity index (χ4v) is 5.97. The van der Waals surface area contributed by atoms with Gasteiger partial charge in [-0.25, -0.2) is 8.42 Å². The highest BCUT2D eigenvalue weighted by atomic mass is 32.2. The molecule has 28 heavy (non-hydrogen) atoms. The fourth-order valence-electron chi connectivity index (χ4n) is 4.23. The van der Waals surface area contributed by atoms with Gasteiger partial charge in [-0.3, -0.25) is 10.1 Å². The van der Waals surface area contributed by atoms with Crippen LogP contribution in [-0.4, -0.2) is 37.3 Å². The maximum absolute atomic E-state index is 13.3. The van der Waals surface area contributed by atoms with Gasteiger partial charge in [0.1, 0.15) is 4.90 Å². The topological polar surface area (TPSA) is 83.8 Å². The quantitative estimate of drug-likeness (QED) is 0.578. The molecule has 0 radical (unpaired) electrons. The molecule has 2 aromatic rings. The van der Waals surface area contributed by atoms with Gasteiger partial charge in [0.2, 0.25) is 10.0 Å². The van der Waals surface area contributed by atoms with Gasteiger partial charge in [-0.05, 0) is 43.4 Å². The Bertz CT molecular complexity index is 1020. The van der Waals surface area contributed by atoms with Gasteiger partial charge < -0.3 is 4.90 Å². The molecule has 2 aliphatic heterocycles. The van der Waals surface area contributed by atoms with Crippen LogP contribution >= 0.6 is 0 Å². The van der Waals surface area contributed by atoms with Gasteiger partial charge in [0.15, 0.2) is 0 Å². The third-order valence-electron chi connectivity index (χ3n) is 5.74. The van der Waals surface area contributed by atoms with Gasteiger partial charge in [-0.15, -0.1) is 0 Å². The molecule has 0 saturated carbocycles. The summed E-state index contributed by atoms with van der Waals surface area (Å²) in [4.78, 5) is 12.8. The maximum Gasteiger partial charge on any atom is 0.270 e. The van der Waals surface area contributed by atoms with E-state index in [-0.39, 0.29) is 16.6 Å². The van der Waals surface area contributed by atoms with Crippen LogP contribution in [0.15, 0.2) is 47.4 Å². The molecule has 2 heterocycles. The van der Waals surface area contributed by atoms with Crippen LogP contribution in [0.4, 0.5) is 11.4 Å². The number of fused-ring (bicyclic) bond motifs is 1. The lowest BCUT2D eigenvalue weighted by Gasteiger charge is -2.38. The van der Waals surface area contributed by atoms with Crippen molar-refractivity contribution >= 4 is 21.4 Å². The number of anilines is 1. The van der Waals surface area contributed by atoms with E-state index in [1.165, 1.54) is 22.0 Å². The molecule has 2 aromatic carbocycles. The number of nitro benzene ring substituents is 1. The van der Waals surface area contributed by atoms with Crippen LogP contribution in [0.25, 0.3) is 0 Å². The second kappa shape index (κ2) is 7.18. The van der Waals surface area contributed by atoms with E-state index in [9.17, 15) is 18.5 Å². The van der Waals surface area contributed by atoms with Gasteiger partial charge in [0.05, 0.1) is 16.7 Å². The predicted molar refractivity (Wildman–Crippen MR) is 107 cm³/mol. The zero-order valence-electron chi connectivity index (χ0n) is 15.7. The van der Waals surface area contributed by atoms with Gasteiger partial charge in [0, 0.05) is 31.8 Å². The van der Waals surface area contributed by atoms with Gasteiger partial charge >= 0.3 is 0 Å². The second-order valence-electron chi connectivity index (χ2n) is 7.34. The van der Waals surface area contributed by atoms with E-state index in [0.29, 0.717) is 25.3 Å². The summed E-state index contributed by atoms with van der Waals surface area (Å²) in [5.74, 6) is 0. The molecule has 0 N–H and O–H groups in total. The summed E-state index contributed by atoms with van der Waals surface area (Å²) in [5, 5.41) is 11.3. The molecule has 0 aliphatic carbocycles. The standard InChI is InChI=1S/C20H23N3O4S/c1-15-18-7-3-2-6-16(18)10-13-22(15)19-9-8-17(23(24)25)14-20(19)28(26,27)21-11-4-5-12-21/h2-3,6-9,14-15H,4-5,10-13H2,1H3. The van der Waals surface area contributed by atoms with E-state index < -0.39 is 14.9 Å². The molecule has 8 heteroatoms. The van der Waals surface area contributed by atoms with Crippen molar-refractivity contribution in [2.24, 2.45) is 0 Å². The summed E-state index contributed by atoms with van der Waals surface area (Å²) >= 11 is 0. The molecule has 1 fully saturated rings. The normalized spacial score (nSPS) is 20.2. The Balaban J connectivity index is 1.82. The third kappa shape index (κ3) is 3.16. The highest BCUT2D eigenvalue weighted by Gasteiger charge is 2.34. The Morgan fingerprint density at radius 3 is 2.50 bits per heavy atom. The Hall–Kier alpha value is -2.45. The van der Waals surface area contributed by atoms with Gasteiger partial charge in [-0.1, -0.05) is 24.3 Å². The molecule has 1 atom stereocenters. The van der Waals surface area contributed by atoms with Crippen LogP contribution in [0.1, 0.15) is 36.9 Å². The van der Waals surface area contributed by atoms with Crippen LogP contribution in [-0.2, 0) is 16.4 Å². The van der Waals surface area contributed by atoms with Gasteiger partial charge in [-0.2, -0.15) is 4.31 Å². The number of nitro groups is 1. The minimum atomic E-state index is -3.79. The largest absolute Gasteiger partial charge is 0.363 e. The van der Waals surface area contributed by atoms with Crippen molar-refractivity contribution in [2.75, 3.05) is 24.5 Å². The van der Waals surface area contributed by atoms with E-state index in [4.69, 9.17) is 0 Å². The van der Waals surface area contributed by atoms with Gasteiger partial charge in [0.25, 0.3) is 5.69 Å². The van der Waals surface area contributed by atoms with E-state index in [2.05, 4.69) is 17.0 Å². The monoisotopic (exact) mass is 401 g/mol. The molecule has 2 aliphatic rings. The minimum absolute atomic E-state index is 0.0149. The lowest BCUT2D eigenvalue weighted by atomic mass is 9.93. The SMILES string of the molecule is CC1c2ccccc2CCN1c1ccc([N+](=O)[O-])cc1S(=O)(=O)N1CCCC1. The van der Waals surface area contributed by atoms with Crippen molar-refractivity contribution in [1.82, 2.24) is 4.31 Å². The maximum atomic E-state index is 13.3. The summed E-state index contributed by atoms with van der Waals surface area (Å²) in [6.45, 7) is 3.63. The number of nitrogens with zero attached hydrogens (tertiary/aromatic N) is 3. The van der Waals surface area contributed by atoms with Crippen LogP contribution in [0.5, 0.6) is 0 Å². The van der Waals surface area contributed by atoms with Crippen LogP contribution in [0, 0.1) is 10.1 Å². The Morgan fingerprint density at radius 2 is 1.79 bits per heavy atom. The van der Waals surface area contributed by atoms with E-state index in [1.54, 1.807) is 6.07 Å². The van der Waals surface area contributed by atoms with Crippen LogP contribution in [0.2, 0.25) is 0 Å². The molecular formula is C20H23N3O4S. The molecule has 1 unspecified atom stereocenters. The summed E-state index contributed by atoms with van der Waals surface area (Å²) in [7, 11) is -3.79. The molecule has 0 amide bonds. The Morgan fingerprint density at radius 1 is 1.07 bits per heavy atom. The van der Waals surface area contributed by atoms with E-state index in [0.717, 1.165) is 24.8 Å². The lowest BCUT2D eigenvalue weighted by Crippen LogP contribution is -2.36. The molecule has 0 aromatic heterocycles. The zero-order valence-corrected chi connectivity index (χ0v) is 16.6. The first kappa shape index (κ1) is 18.9. The molecule has 7 nitrogen and oxygen atoms in total. The predicted octanol–water partition coefficient (Wildman–Crippen LogP) is 3.50. The Labute approximate surface area is 164 Å². The summed E-state index contributed by atoms with van der Waals surface area (Å²) in [6, 6.07) is 12.3. The highest BCUT2D eigenvalue weighted by molar-refractivity contribution is 7.89. The summed E-state index contributed by atoms with van der Waals surface area (Å²) in [6.07, 6.45) is 2.44. The fraction of sp³-hybridized carbons (Fsp3) is 0.400. The molecular weight excluding hydrogens is 378 g/mol. The van der Waals surface area contributed by atoms with E-state index >= 15 is 0 Å². The average Bonchev–Trinajstić information content (AvgIpc) is 3.24. The third-order valence-corrected chi connectivity index (χ3v) is 7.67. The first-order chi connectivity index (χ1) is 13.4. The molecule has 4 rings (SSSR count). The first-order valence-corrected chi connectivity index (χ1v) is 11.0. The van der Waals surface area contributed by atoms with Crippen molar-refractivity contribution in [2.45, 2.75) is 37.1 Å². The number of hydrogen-bond donors (Lipinski definition) is 0. The van der Waals surface area contributed by atoms with Crippen molar-refractivity contribution in [3.8, 4) is 0 Å². The number of rotatable bonds is 4. The molecule has 0 bridgehead atoms. The van der Waals surface area contributed by atoms with Crippen molar-refractivity contribution in [3.05, 3.63) is 63.7 Å².